The predicted molar refractivity (Wildman–Crippen MR) is 143 cm³/mol. The third-order valence-corrected chi connectivity index (χ3v) is 6.70. The van der Waals surface area contributed by atoms with E-state index in [2.05, 4.69) is 63.7 Å². The third kappa shape index (κ3) is 4.14. The van der Waals surface area contributed by atoms with Gasteiger partial charge in [-0.25, -0.2) is 9.97 Å². The van der Waals surface area contributed by atoms with Crippen LogP contribution in [-0.2, 0) is 13.0 Å². The number of anilines is 2. The van der Waals surface area contributed by atoms with Gasteiger partial charge in [-0.3, -0.25) is 4.98 Å². The summed E-state index contributed by atoms with van der Waals surface area (Å²) in [4.78, 5) is 16.3. The van der Waals surface area contributed by atoms with Crippen LogP contribution in [0.15, 0.2) is 85.3 Å². The highest BCUT2D eigenvalue weighted by Gasteiger charge is 2.23. The van der Waals surface area contributed by atoms with Crippen LogP contribution in [0.5, 0.6) is 0 Å². The predicted octanol–water partition coefficient (Wildman–Crippen LogP) is 6.43. The molecule has 0 saturated carbocycles. The Bertz CT molecular complexity index is 1530. The van der Waals surface area contributed by atoms with Crippen molar-refractivity contribution in [2.75, 3.05) is 18.5 Å². The summed E-state index contributed by atoms with van der Waals surface area (Å²) in [6.45, 7) is 1.71. The molecule has 1 N–H and O–H groups in total. The maximum atomic E-state index is 6.28. The van der Waals surface area contributed by atoms with Crippen LogP contribution >= 0.6 is 11.6 Å². The summed E-state index contributed by atoms with van der Waals surface area (Å²) in [5, 5.41) is 5.04. The van der Waals surface area contributed by atoms with Gasteiger partial charge in [0.25, 0.3) is 0 Å². The number of pyridine rings is 1. The minimum Gasteiger partial charge on any atom is -0.340 e. The van der Waals surface area contributed by atoms with Crippen LogP contribution in [0.4, 0.5) is 11.4 Å². The second-order valence-corrected chi connectivity index (χ2v) is 9.21. The van der Waals surface area contributed by atoms with E-state index in [1.165, 1.54) is 16.8 Å². The molecule has 0 aliphatic carbocycles. The maximum absolute atomic E-state index is 6.28. The Balaban J connectivity index is 1.55. The van der Waals surface area contributed by atoms with E-state index in [1.54, 1.807) is 12.4 Å². The van der Waals surface area contributed by atoms with Gasteiger partial charge in [0.05, 0.1) is 11.2 Å². The Morgan fingerprint density at radius 3 is 2.69 bits per heavy atom. The zero-order valence-electron chi connectivity index (χ0n) is 19.4. The van der Waals surface area contributed by atoms with Gasteiger partial charge in [-0.1, -0.05) is 29.8 Å². The van der Waals surface area contributed by atoms with E-state index in [4.69, 9.17) is 21.6 Å². The van der Waals surface area contributed by atoms with Gasteiger partial charge in [-0.05, 0) is 84.3 Å². The Morgan fingerprint density at radius 1 is 0.914 bits per heavy atom. The van der Waals surface area contributed by atoms with Crippen LogP contribution in [0, 0.1) is 0 Å². The lowest BCUT2D eigenvalue weighted by Crippen LogP contribution is -2.14. The lowest BCUT2D eigenvalue weighted by molar-refractivity contribution is 0.818. The monoisotopic (exact) mass is 477 g/mol. The minimum absolute atomic E-state index is 0.672. The van der Waals surface area contributed by atoms with Gasteiger partial charge >= 0.3 is 0 Å². The van der Waals surface area contributed by atoms with Gasteiger partial charge in [-0.2, -0.15) is 0 Å². The molecule has 5 nitrogen and oxygen atoms in total. The topological polar surface area (TPSA) is 53.9 Å². The van der Waals surface area contributed by atoms with Crippen molar-refractivity contribution >= 4 is 33.9 Å². The largest absolute Gasteiger partial charge is 0.340 e. The van der Waals surface area contributed by atoms with Gasteiger partial charge in [0.1, 0.15) is 0 Å². The van der Waals surface area contributed by atoms with Crippen molar-refractivity contribution in [3.63, 3.8) is 0 Å². The highest BCUT2D eigenvalue weighted by Crippen LogP contribution is 2.41. The van der Waals surface area contributed by atoms with Crippen molar-refractivity contribution in [1.29, 1.82) is 0 Å². The Kier molecular flexibility index (Phi) is 5.64. The third-order valence-electron chi connectivity index (χ3n) is 6.47. The van der Waals surface area contributed by atoms with E-state index in [0.29, 0.717) is 5.82 Å². The van der Waals surface area contributed by atoms with Crippen LogP contribution in [0.3, 0.4) is 0 Å². The van der Waals surface area contributed by atoms with E-state index in [-0.39, 0.29) is 0 Å². The van der Waals surface area contributed by atoms with E-state index in [1.807, 2.05) is 31.4 Å². The molecule has 172 valence electrons. The van der Waals surface area contributed by atoms with Crippen LogP contribution in [0.25, 0.3) is 33.4 Å². The van der Waals surface area contributed by atoms with E-state index < -0.39 is 0 Å². The average molecular weight is 478 g/mol. The number of nitrogens with one attached hydrogen (secondary N) is 1. The van der Waals surface area contributed by atoms with Crippen LogP contribution in [-0.4, -0.2) is 28.5 Å². The highest BCUT2D eigenvalue weighted by atomic mass is 35.5. The van der Waals surface area contributed by atoms with Crippen molar-refractivity contribution in [3.8, 4) is 22.5 Å². The summed E-state index contributed by atoms with van der Waals surface area (Å²) in [6.07, 6.45) is 6.45. The zero-order valence-corrected chi connectivity index (χ0v) is 20.1. The van der Waals surface area contributed by atoms with Crippen molar-refractivity contribution in [3.05, 3.63) is 101 Å². The number of rotatable bonds is 5. The summed E-state index contributed by atoms with van der Waals surface area (Å²) >= 11 is 6.28. The quantitative estimate of drug-likeness (QED) is 0.316. The van der Waals surface area contributed by atoms with Gasteiger partial charge in [-0.15, -0.1) is 0 Å². The second kappa shape index (κ2) is 9.10. The standard InChI is InChI=1S/C29H24ClN5/c1-31-16-19-4-2-5-20(12-19)23-14-26-25(18-33-29(34-26)22-6-3-10-32-17-22)28(15-23)35-11-9-21-13-24(30)7-8-27(21)35/h2-8,10,12-15,17-18,31H,9,11,16H2,1H3. The second-order valence-electron chi connectivity index (χ2n) is 8.77. The Morgan fingerprint density at radius 2 is 1.83 bits per heavy atom. The molecule has 0 radical (unpaired) electrons. The summed E-state index contributed by atoms with van der Waals surface area (Å²) in [6, 6.07) is 23.1. The summed E-state index contributed by atoms with van der Waals surface area (Å²) in [5.74, 6) is 0.672. The van der Waals surface area contributed by atoms with Crippen molar-refractivity contribution < 1.29 is 0 Å². The molecule has 6 heteroatoms. The van der Waals surface area contributed by atoms with Gasteiger partial charge < -0.3 is 10.2 Å². The first-order valence-corrected chi connectivity index (χ1v) is 12.1. The molecule has 5 aromatic rings. The summed E-state index contributed by atoms with van der Waals surface area (Å²) in [5.41, 5.74) is 8.91. The molecule has 0 atom stereocenters. The fourth-order valence-electron chi connectivity index (χ4n) is 4.83. The molecule has 0 unspecified atom stereocenters. The van der Waals surface area contributed by atoms with Gasteiger partial charge in [0.2, 0.25) is 0 Å². The van der Waals surface area contributed by atoms with Gasteiger partial charge in [0.15, 0.2) is 5.82 Å². The molecule has 3 aromatic carbocycles. The molecular formula is C29H24ClN5. The van der Waals surface area contributed by atoms with E-state index in [0.717, 1.165) is 57.8 Å². The molecule has 35 heavy (non-hydrogen) atoms. The molecule has 0 fully saturated rings. The molecule has 2 aromatic heterocycles. The number of halogens is 1. The minimum atomic E-state index is 0.672. The molecule has 0 bridgehead atoms. The molecule has 0 spiro atoms. The average Bonchev–Trinajstić information content (AvgIpc) is 3.31. The maximum Gasteiger partial charge on any atom is 0.161 e. The van der Waals surface area contributed by atoms with Gasteiger partial charge in [0, 0.05) is 53.3 Å². The van der Waals surface area contributed by atoms with E-state index >= 15 is 0 Å². The first kappa shape index (κ1) is 21.7. The van der Waals surface area contributed by atoms with Crippen molar-refractivity contribution in [2.24, 2.45) is 0 Å². The molecule has 6 rings (SSSR count). The van der Waals surface area contributed by atoms with Crippen molar-refractivity contribution in [2.45, 2.75) is 13.0 Å². The Labute approximate surface area is 209 Å². The molecular weight excluding hydrogens is 454 g/mol. The zero-order chi connectivity index (χ0) is 23.8. The van der Waals surface area contributed by atoms with E-state index in [9.17, 15) is 0 Å². The number of benzene rings is 3. The lowest BCUT2D eigenvalue weighted by Gasteiger charge is -2.23. The number of aromatic nitrogens is 3. The number of hydrogen-bond donors (Lipinski definition) is 1. The van der Waals surface area contributed by atoms with Crippen molar-refractivity contribution in [1.82, 2.24) is 20.3 Å². The molecule has 0 saturated heterocycles. The molecule has 1 aliphatic heterocycles. The first-order chi connectivity index (χ1) is 17.2. The lowest BCUT2D eigenvalue weighted by atomic mass is 10.00. The molecule has 0 amide bonds. The summed E-state index contributed by atoms with van der Waals surface area (Å²) < 4.78 is 0. The number of nitrogens with zero attached hydrogens (tertiary/aromatic N) is 4. The number of hydrogen-bond acceptors (Lipinski definition) is 5. The van der Waals surface area contributed by atoms with Crippen LogP contribution in [0.1, 0.15) is 11.1 Å². The van der Waals surface area contributed by atoms with Crippen LogP contribution in [0.2, 0.25) is 5.02 Å². The highest BCUT2D eigenvalue weighted by molar-refractivity contribution is 6.30. The summed E-state index contributed by atoms with van der Waals surface area (Å²) in [7, 11) is 1.97. The molecule has 3 heterocycles. The van der Waals surface area contributed by atoms with Crippen LogP contribution < -0.4 is 10.2 Å². The molecule has 1 aliphatic rings. The fourth-order valence-corrected chi connectivity index (χ4v) is 5.02. The normalized spacial score (nSPS) is 12.8. The smallest absolute Gasteiger partial charge is 0.161 e. The fraction of sp³-hybridized carbons (Fsp3) is 0.138. The Hall–Kier alpha value is -3.80. The number of fused-ring (bicyclic) bond motifs is 2. The first-order valence-electron chi connectivity index (χ1n) is 11.7. The SMILES string of the molecule is CNCc1cccc(-c2cc(N3CCc4cc(Cl)ccc43)c3cnc(-c4cccnc4)nc3c2)c1.